The van der Waals surface area contributed by atoms with E-state index in [4.69, 9.17) is 25.7 Å². The van der Waals surface area contributed by atoms with Gasteiger partial charge in [0.05, 0.1) is 18.8 Å². The molecule has 0 saturated heterocycles. The summed E-state index contributed by atoms with van der Waals surface area (Å²) >= 11 is 0. The molecule has 1 heterocycles. The number of carboxylic acids is 1. The largest absolute Gasteiger partial charge is 0.478 e. The average molecular weight is 681 g/mol. The van der Waals surface area contributed by atoms with E-state index in [0.717, 1.165) is 46.2 Å². The van der Waals surface area contributed by atoms with Gasteiger partial charge in [-0.25, -0.2) is 4.79 Å². The van der Waals surface area contributed by atoms with Crippen molar-refractivity contribution in [2.45, 2.75) is 67.6 Å². The van der Waals surface area contributed by atoms with Gasteiger partial charge in [0.15, 0.2) is 5.84 Å². The van der Waals surface area contributed by atoms with Gasteiger partial charge in [0, 0.05) is 16.7 Å². The van der Waals surface area contributed by atoms with Crippen molar-refractivity contribution in [1.82, 2.24) is 10.1 Å². The highest BCUT2D eigenvalue weighted by Gasteiger charge is 2.12. The second-order valence-electron chi connectivity index (χ2n) is 12.9. The SMILES string of the molecule is CC(C)Cc1ccc(C(=O)O)cc1.Cc1cc(-c2noc(-c3ccc(CC(C)C)cc3)n2)ccc1CO.Cc1cc(/C(N)=N/O)ccc1CO. The Morgan fingerprint density at radius 3 is 1.68 bits per heavy atom. The summed E-state index contributed by atoms with van der Waals surface area (Å²) < 4.78 is 5.41. The van der Waals surface area contributed by atoms with Gasteiger partial charge in [0.25, 0.3) is 5.89 Å². The van der Waals surface area contributed by atoms with Gasteiger partial charge in [0.2, 0.25) is 5.82 Å². The standard InChI is InChI=1S/C20H22N2O2.C11H14O2.C9H12N2O2/c1-13(2)10-15-4-6-16(7-5-15)20-21-19(22-24-20)17-8-9-18(12-23)14(3)11-17;1-8(2)7-9-3-5-10(6-4-9)11(12)13;1-6-4-7(9(10)11-13)2-3-8(6)5-12/h4-9,11,13,23H,10,12H2,1-3H3;3-6,8H,7H2,1-2H3,(H,12,13);2-4,12-13H,5H2,1H3,(H2,10,11). The first-order valence-electron chi connectivity index (χ1n) is 16.5. The van der Waals surface area contributed by atoms with Crippen molar-refractivity contribution < 1.29 is 29.8 Å². The number of hydrogen-bond acceptors (Lipinski definition) is 8. The van der Waals surface area contributed by atoms with E-state index in [0.29, 0.717) is 34.7 Å². The van der Waals surface area contributed by atoms with Gasteiger partial charge in [-0.15, -0.1) is 0 Å². The normalized spacial score (nSPS) is 11.1. The summed E-state index contributed by atoms with van der Waals surface area (Å²) in [6.07, 6.45) is 2.06. The smallest absolute Gasteiger partial charge is 0.335 e. The van der Waals surface area contributed by atoms with Gasteiger partial charge >= 0.3 is 5.97 Å². The molecule has 264 valence electrons. The molecule has 0 bridgehead atoms. The summed E-state index contributed by atoms with van der Waals surface area (Å²) in [4.78, 5) is 15.0. The molecule has 6 N–H and O–H groups in total. The summed E-state index contributed by atoms with van der Waals surface area (Å²) in [5.41, 5.74) is 14.4. The Morgan fingerprint density at radius 1 is 0.740 bits per heavy atom. The minimum Gasteiger partial charge on any atom is -0.478 e. The van der Waals surface area contributed by atoms with E-state index in [9.17, 15) is 9.90 Å². The van der Waals surface area contributed by atoms with E-state index in [-0.39, 0.29) is 19.0 Å². The van der Waals surface area contributed by atoms with Crippen molar-refractivity contribution in [3.05, 3.63) is 129 Å². The van der Waals surface area contributed by atoms with Crippen LogP contribution in [0.5, 0.6) is 0 Å². The summed E-state index contributed by atoms with van der Waals surface area (Å²) in [6.45, 7) is 12.6. The first kappa shape index (κ1) is 39.1. The van der Waals surface area contributed by atoms with Crippen molar-refractivity contribution >= 4 is 11.8 Å². The third-order valence-electron chi connectivity index (χ3n) is 7.80. The van der Waals surface area contributed by atoms with Gasteiger partial charge in [-0.3, -0.25) is 0 Å². The molecule has 0 atom stereocenters. The zero-order valence-corrected chi connectivity index (χ0v) is 29.6. The van der Waals surface area contributed by atoms with Crippen LogP contribution in [0.25, 0.3) is 22.8 Å². The number of aliphatic hydroxyl groups is 2. The summed E-state index contributed by atoms with van der Waals surface area (Å²) in [5, 5.41) is 42.2. The third-order valence-corrected chi connectivity index (χ3v) is 7.80. The average Bonchev–Trinajstić information content (AvgIpc) is 3.59. The van der Waals surface area contributed by atoms with Gasteiger partial charge < -0.3 is 30.8 Å². The number of aromatic nitrogens is 2. The first-order valence-corrected chi connectivity index (χ1v) is 16.5. The highest BCUT2D eigenvalue weighted by atomic mass is 16.5. The van der Waals surface area contributed by atoms with E-state index in [1.165, 1.54) is 11.1 Å². The predicted molar refractivity (Wildman–Crippen MR) is 196 cm³/mol. The number of aliphatic hydroxyl groups excluding tert-OH is 2. The molecular weight excluding hydrogens is 632 g/mol. The molecule has 4 aromatic carbocycles. The van der Waals surface area contributed by atoms with Crippen molar-refractivity contribution in [2.24, 2.45) is 22.7 Å². The van der Waals surface area contributed by atoms with Gasteiger partial charge in [-0.1, -0.05) is 86.5 Å². The topological polar surface area (TPSA) is 175 Å². The lowest BCUT2D eigenvalue weighted by atomic mass is 10.0. The predicted octanol–water partition coefficient (Wildman–Crippen LogP) is 7.57. The van der Waals surface area contributed by atoms with Crippen molar-refractivity contribution in [1.29, 1.82) is 0 Å². The van der Waals surface area contributed by atoms with E-state index >= 15 is 0 Å². The van der Waals surface area contributed by atoms with E-state index < -0.39 is 5.97 Å². The van der Waals surface area contributed by atoms with Crippen LogP contribution in [0.1, 0.15) is 77.0 Å². The third kappa shape index (κ3) is 11.7. The number of amidine groups is 1. The Balaban J connectivity index is 0.000000221. The Kier molecular flexibility index (Phi) is 14.9. The number of benzene rings is 4. The van der Waals surface area contributed by atoms with E-state index in [1.54, 1.807) is 30.3 Å². The Morgan fingerprint density at radius 2 is 1.22 bits per heavy atom. The summed E-state index contributed by atoms with van der Waals surface area (Å²) in [6, 6.07) is 26.3. The molecule has 0 saturated carbocycles. The lowest BCUT2D eigenvalue weighted by Gasteiger charge is -2.04. The fourth-order valence-electron chi connectivity index (χ4n) is 5.07. The number of carboxylic acid groups (broad SMARTS) is 1. The minimum absolute atomic E-state index is 0.00227. The van der Waals surface area contributed by atoms with Gasteiger partial charge in [-0.2, -0.15) is 4.98 Å². The van der Waals surface area contributed by atoms with Crippen molar-refractivity contribution in [3.63, 3.8) is 0 Å². The Hall–Kier alpha value is -5.32. The van der Waals surface area contributed by atoms with Crippen LogP contribution in [0.2, 0.25) is 0 Å². The van der Waals surface area contributed by atoms with Crippen LogP contribution in [-0.4, -0.2) is 42.5 Å². The molecule has 10 nitrogen and oxygen atoms in total. The zero-order chi connectivity index (χ0) is 36.8. The van der Waals surface area contributed by atoms with Crippen molar-refractivity contribution in [2.75, 3.05) is 0 Å². The van der Waals surface area contributed by atoms with Crippen LogP contribution in [0.4, 0.5) is 0 Å². The molecule has 0 amide bonds. The van der Waals surface area contributed by atoms with Crippen LogP contribution < -0.4 is 5.73 Å². The number of oxime groups is 1. The Labute approximate surface area is 293 Å². The lowest BCUT2D eigenvalue weighted by molar-refractivity contribution is 0.0697. The monoisotopic (exact) mass is 680 g/mol. The fraction of sp³-hybridized carbons (Fsp3) is 0.300. The highest BCUT2D eigenvalue weighted by Crippen LogP contribution is 2.25. The molecule has 1 aromatic heterocycles. The molecule has 10 heteroatoms. The molecule has 5 rings (SSSR count). The molecule has 0 aliphatic rings. The molecule has 0 aliphatic carbocycles. The number of rotatable bonds is 10. The molecule has 0 fully saturated rings. The maximum absolute atomic E-state index is 10.5. The first-order chi connectivity index (χ1) is 23.8. The van der Waals surface area contributed by atoms with E-state index in [1.807, 2.05) is 56.3 Å². The molecule has 5 aromatic rings. The van der Waals surface area contributed by atoms with Gasteiger partial charge in [-0.05, 0) is 108 Å². The summed E-state index contributed by atoms with van der Waals surface area (Å²) in [5.74, 6) is 1.53. The number of hydrogen-bond donors (Lipinski definition) is 5. The van der Waals surface area contributed by atoms with Crippen LogP contribution >= 0.6 is 0 Å². The fourth-order valence-corrected chi connectivity index (χ4v) is 5.07. The molecule has 50 heavy (non-hydrogen) atoms. The molecule has 0 unspecified atom stereocenters. The quantitative estimate of drug-likeness (QED) is 0.0431. The van der Waals surface area contributed by atoms with Crippen LogP contribution in [0, 0.1) is 25.7 Å². The van der Waals surface area contributed by atoms with Crippen LogP contribution in [0.3, 0.4) is 0 Å². The molecule has 0 spiro atoms. The summed E-state index contributed by atoms with van der Waals surface area (Å²) in [7, 11) is 0. The molecule has 0 aliphatic heterocycles. The highest BCUT2D eigenvalue weighted by molar-refractivity contribution is 5.97. The maximum atomic E-state index is 10.5. The lowest BCUT2D eigenvalue weighted by Crippen LogP contribution is -2.13. The molecular formula is C40H48N4O6. The van der Waals surface area contributed by atoms with Crippen molar-refractivity contribution in [3.8, 4) is 22.8 Å². The second-order valence-corrected chi connectivity index (χ2v) is 12.9. The number of carbonyl (C=O) groups is 1. The Bertz CT molecular complexity index is 1850. The number of nitrogens with two attached hydrogens (primary N) is 1. The number of nitrogens with zero attached hydrogens (tertiary/aromatic N) is 3. The zero-order valence-electron chi connectivity index (χ0n) is 29.6. The van der Waals surface area contributed by atoms with E-state index in [2.05, 4.69) is 55.1 Å². The number of aromatic carboxylic acids is 1. The maximum Gasteiger partial charge on any atom is 0.335 e. The minimum atomic E-state index is -0.865. The second kappa shape index (κ2) is 19.0. The van der Waals surface area contributed by atoms with Crippen LogP contribution in [0.15, 0.2) is 94.6 Å². The van der Waals surface area contributed by atoms with Gasteiger partial charge in [0.1, 0.15) is 0 Å². The van der Waals surface area contributed by atoms with Crippen LogP contribution in [-0.2, 0) is 26.1 Å². The number of aryl methyl sites for hydroxylation is 2. The molecule has 0 radical (unpaired) electrons.